The molecule has 0 aliphatic rings. The molecule has 0 unspecified atom stereocenters. The van der Waals surface area contributed by atoms with Crippen molar-refractivity contribution in [3.63, 3.8) is 0 Å². The minimum absolute atomic E-state index is 0.139. The van der Waals surface area contributed by atoms with Crippen molar-refractivity contribution in [1.82, 2.24) is 0 Å². The highest BCUT2D eigenvalue weighted by molar-refractivity contribution is 5.96. The zero-order valence-corrected chi connectivity index (χ0v) is 10.2. The molecule has 0 heterocycles. The molecule has 1 rings (SSSR count). The van der Waals surface area contributed by atoms with E-state index in [2.05, 4.69) is 11.7 Å². The first-order valence-electron chi connectivity index (χ1n) is 5.61. The molecule has 0 aliphatic heterocycles. The standard InChI is InChI=1S/C13H17NO3/c1-3-4-5-12(15)10-6-8-11(9-7-10)17-13(14)16-2/h6-9,14H,3-5H2,1-2H3. The SMILES string of the molecule is CCCCC(=O)c1ccc(OC(=N)OC)cc1. The maximum Gasteiger partial charge on any atom is 0.385 e. The number of methoxy groups -OCH3 is 1. The van der Waals surface area contributed by atoms with E-state index in [1.807, 2.05) is 0 Å². The number of hydrogen-bond donors (Lipinski definition) is 1. The van der Waals surface area contributed by atoms with Crippen LogP contribution in [-0.4, -0.2) is 19.0 Å². The molecule has 4 heteroatoms. The van der Waals surface area contributed by atoms with Crippen LogP contribution in [0, 0.1) is 5.41 Å². The fraction of sp³-hybridized carbons (Fsp3) is 0.385. The Morgan fingerprint density at radius 1 is 1.29 bits per heavy atom. The van der Waals surface area contributed by atoms with Gasteiger partial charge in [-0.3, -0.25) is 4.79 Å². The van der Waals surface area contributed by atoms with Gasteiger partial charge in [0, 0.05) is 12.0 Å². The van der Waals surface area contributed by atoms with Crippen molar-refractivity contribution < 1.29 is 14.3 Å². The van der Waals surface area contributed by atoms with Crippen LogP contribution >= 0.6 is 0 Å². The van der Waals surface area contributed by atoms with E-state index in [9.17, 15) is 4.79 Å². The Hall–Kier alpha value is -1.84. The molecule has 1 N–H and O–H groups in total. The van der Waals surface area contributed by atoms with E-state index in [1.165, 1.54) is 7.11 Å². The van der Waals surface area contributed by atoms with Gasteiger partial charge in [-0.25, -0.2) is 5.41 Å². The molecule has 1 aromatic carbocycles. The average molecular weight is 235 g/mol. The first kappa shape index (κ1) is 13.2. The number of benzene rings is 1. The van der Waals surface area contributed by atoms with E-state index < -0.39 is 0 Å². The summed E-state index contributed by atoms with van der Waals surface area (Å²) >= 11 is 0. The van der Waals surface area contributed by atoms with Crippen molar-refractivity contribution in [3.8, 4) is 5.75 Å². The Labute approximate surface area is 101 Å². The van der Waals surface area contributed by atoms with Crippen LogP contribution in [0.4, 0.5) is 0 Å². The molecule has 0 fully saturated rings. The van der Waals surface area contributed by atoms with Gasteiger partial charge < -0.3 is 9.47 Å². The Balaban J connectivity index is 2.61. The summed E-state index contributed by atoms with van der Waals surface area (Å²) in [6.45, 7) is 2.06. The summed E-state index contributed by atoms with van der Waals surface area (Å²) in [5.74, 6) is 0.629. The van der Waals surface area contributed by atoms with Crippen LogP contribution in [-0.2, 0) is 4.74 Å². The molecule has 0 aliphatic carbocycles. The monoisotopic (exact) mass is 235 g/mol. The van der Waals surface area contributed by atoms with E-state index in [4.69, 9.17) is 10.1 Å². The number of ketones is 1. The van der Waals surface area contributed by atoms with Gasteiger partial charge in [-0.15, -0.1) is 0 Å². The summed E-state index contributed by atoms with van der Waals surface area (Å²) in [6, 6.07) is 6.73. The Morgan fingerprint density at radius 2 is 1.94 bits per heavy atom. The topological polar surface area (TPSA) is 59.4 Å². The molecule has 1 aromatic rings. The number of rotatable bonds is 5. The number of unbranched alkanes of at least 4 members (excludes halogenated alkanes) is 1. The van der Waals surface area contributed by atoms with E-state index in [-0.39, 0.29) is 11.9 Å². The maximum absolute atomic E-state index is 11.7. The third kappa shape index (κ3) is 4.26. The van der Waals surface area contributed by atoms with Crippen LogP contribution in [0.5, 0.6) is 5.75 Å². The van der Waals surface area contributed by atoms with Gasteiger partial charge in [0.05, 0.1) is 7.11 Å². The fourth-order valence-electron chi connectivity index (χ4n) is 1.34. The predicted octanol–water partition coefficient (Wildman–Crippen LogP) is 3.02. The van der Waals surface area contributed by atoms with Crippen LogP contribution in [0.15, 0.2) is 24.3 Å². The summed E-state index contributed by atoms with van der Waals surface area (Å²) in [6.07, 6.45) is 2.23. The lowest BCUT2D eigenvalue weighted by Crippen LogP contribution is -2.08. The summed E-state index contributed by atoms with van der Waals surface area (Å²) in [5.41, 5.74) is 0.676. The van der Waals surface area contributed by atoms with E-state index in [1.54, 1.807) is 24.3 Å². The molecular weight excluding hydrogens is 218 g/mol. The Morgan fingerprint density at radius 3 is 2.47 bits per heavy atom. The van der Waals surface area contributed by atoms with Gasteiger partial charge in [0.15, 0.2) is 5.78 Å². The van der Waals surface area contributed by atoms with Crippen molar-refractivity contribution in [2.24, 2.45) is 0 Å². The van der Waals surface area contributed by atoms with Crippen LogP contribution in [0.25, 0.3) is 0 Å². The Bertz CT molecular complexity index is 384. The minimum atomic E-state index is -0.268. The van der Waals surface area contributed by atoms with Crippen molar-refractivity contribution in [3.05, 3.63) is 29.8 Å². The second-order valence-corrected chi connectivity index (χ2v) is 3.64. The number of ether oxygens (including phenoxy) is 2. The molecule has 0 amide bonds. The largest absolute Gasteiger partial charge is 0.454 e. The highest BCUT2D eigenvalue weighted by Gasteiger charge is 2.06. The van der Waals surface area contributed by atoms with Gasteiger partial charge in [-0.05, 0) is 30.7 Å². The molecule has 92 valence electrons. The van der Waals surface area contributed by atoms with Crippen molar-refractivity contribution in [2.45, 2.75) is 26.2 Å². The zero-order chi connectivity index (χ0) is 12.7. The van der Waals surface area contributed by atoms with Gasteiger partial charge in [0.1, 0.15) is 5.75 Å². The quantitative estimate of drug-likeness (QED) is 0.485. The highest BCUT2D eigenvalue weighted by Crippen LogP contribution is 2.14. The third-order valence-corrected chi connectivity index (χ3v) is 2.33. The molecule has 0 saturated heterocycles. The lowest BCUT2D eigenvalue weighted by atomic mass is 10.1. The number of hydrogen-bond acceptors (Lipinski definition) is 4. The van der Waals surface area contributed by atoms with Crippen LogP contribution in [0.3, 0.4) is 0 Å². The first-order valence-corrected chi connectivity index (χ1v) is 5.61. The smallest absolute Gasteiger partial charge is 0.385 e. The number of carbonyl (C=O) groups excluding carboxylic acids is 1. The summed E-state index contributed by atoms with van der Waals surface area (Å²) in [4.78, 5) is 11.7. The second kappa shape index (κ2) is 6.68. The van der Waals surface area contributed by atoms with Crippen molar-refractivity contribution >= 4 is 11.9 Å². The average Bonchev–Trinajstić information content (AvgIpc) is 2.36. The normalized spacial score (nSPS) is 9.76. The third-order valence-electron chi connectivity index (χ3n) is 2.33. The van der Waals surface area contributed by atoms with Crippen molar-refractivity contribution in [2.75, 3.05) is 7.11 Å². The van der Waals surface area contributed by atoms with Gasteiger partial charge in [-0.2, -0.15) is 0 Å². The maximum atomic E-state index is 11.7. The lowest BCUT2D eigenvalue weighted by Gasteiger charge is -2.05. The van der Waals surface area contributed by atoms with Gasteiger partial charge >= 0.3 is 6.08 Å². The lowest BCUT2D eigenvalue weighted by molar-refractivity contribution is 0.0980. The van der Waals surface area contributed by atoms with Crippen LogP contribution in [0.1, 0.15) is 36.5 Å². The molecule has 0 aromatic heterocycles. The molecule has 4 nitrogen and oxygen atoms in total. The summed E-state index contributed by atoms with van der Waals surface area (Å²) < 4.78 is 9.61. The van der Waals surface area contributed by atoms with E-state index >= 15 is 0 Å². The number of nitrogens with one attached hydrogen (secondary N) is 1. The zero-order valence-electron chi connectivity index (χ0n) is 10.2. The molecular formula is C13H17NO3. The van der Waals surface area contributed by atoms with Crippen molar-refractivity contribution in [1.29, 1.82) is 5.41 Å². The molecule has 0 atom stereocenters. The summed E-state index contributed by atoms with van der Waals surface area (Å²) in [5, 5.41) is 7.19. The predicted molar refractivity (Wildman–Crippen MR) is 65.7 cm³/mol. The highest BCUT2D eigenvalue weighted by atomic mass is 16.7. The van der Waals surface area contributed by atoms with E-state index in [0.717, 1.165) is 12.8 Å². The van der Waals surface area contributed by atoms with Gasteiger partial charge in [-0.1, -0.05) is 13.3 Å². The molecule has 0 saturated carbocycles. The molecule has 17 heavy (non-hydrogen) atoms. The fourth-order valence-corrected chi connectivity index (χ4v) is 1.34. The van der Waals surface area contributed by atoms with E-state index in [0.29, 0.717) is 17.7 Å². The van der Waals surface area contributed by atoms with Crippen LogP contribution in [0.2, 0.25) is 0 Å². The second-order valence-electron chi connectivity index (χ2n) is 3.64. The van der Waals surface area contributed by atoms with Gasteiger partial charge in [0.25, 0.3) is 0 Å². The van der Waals surface area contributed by atoms with Gasteiger partial charge in [0.2, 0.25) is 0 Å². The summed E-state index contributed by atoms with van der Waals surface area (Å²) in [7, 11) is 1.37. The first-order chi connectivity index (χ1) is 8.17. The Kier molecular flexibility index (Phi) is 5.20. The molecule has 0 bridgehead atoms. The molecule has 0 spiro atoms. The van der Waals surface area contributed by atoms with Crippen LogP contribution < -0.4 is 4.74 Å². The number of Topliss-reactive ketones (excluding diaryl/α,β-unsaturated/α-hetero) is 1. The molecule has 0 radical (unpaired) electrons. The number of carbonyl (C=O) groups is 1. The minimum Gasteiger partial charge on any atom is -0.454 e.